The molecule has 0 radical (unpaired) electrons. The summed E-state index contributed by atoms with van der Waals surface area (Å²) in [5, 5.41) is 0. The first-order valence-electron chi connectivity index (χ1n) is 6.26. The molecule has 4 nitrogen and oxygen atoms in total. The van der Waals surface area contributed by atoms with E-state index in [1.54, 1.807) is 17.0 Å². The van der Waals surface area contributed by atoms with Gasteiger partial charge in [-0.25, -0.2) is 21.6 Å². The highest BCUT2D eigenvalue weighted by molar-refractivity contribution is 9.10. The molecule has 0 aromatic heterocycles. The zero-order valence-electron chi connectivity index (χ0n) is 12.1. The Morgan fingerprint density at radius 3 is 2.13 bits per heavy atom. The molecule has 0 saturated heterocycles. The zero-order chi connectivity index (χ0) is 17.4. The molecular formula is C14H12BrF3N2O2S. The second kappa shape index (κ2) is 6.40. The van der Waals surface area contributed by atoms with Gasteiger partial charge in [0.05, 0.1) is 4.47 Å². The molecule has 2 rings (SSSR count). The van der Waals surface area contributed by atoms with Crippen LogP contribution in [0, 0.1) is 17.5 Å². The van der Waals surface area contributed by atoms with E-state index in [9.17, 15) is 21.6 Å². The van der Waals surface area contributed by atoms with Gasteiger partial charge in [-0.3, -0.25) is 4.72 Å². The van der Waals surface area contributed by atoms with Gasteiger partial charge in [0.15, 0.2) is 11.6 Å². The van der Waals surface area contributed by atoms with E-state index in [1.807, 2.05) is 14.1 Å². The summed E-state index contributed by atoms with van der Waals surface area (Å²) in [4.78, 5) is 0.699. The van der Waals surface area contributed by atoms with Crippen molar-refractivity contribution in [3.8, 4) is 0 Å². The van der Waals surface area contributed by atoms with Crippen molar-refractivity contribution in [2.75, 3.05) is 23.7 Å². The predicted molar refractivity (Wildman–Crippen MR) is 85.6 cm³/mol. The second-order valence-electron chi connectivity index (χ2n) is 4.85. The lowest BCUT2D eigenvalue weighted by molar-refractivity contribution is 0.465. The van der Waals surface area contributed by atoms with E-state index in [-0.39, 0.29) is 5.69 Å². The molecule has 0 spiro atoms. The number of nitrogens with zero attached hydrogens (tertiary/aromatic N) is 1. The largest absolute Gasteiger partial charge is 0.378 e. The van der Waals surface area contributed by atoms with Crippen LogP contribution in [-0.4, -0.2) is 22.5 Å². The van der Waals surface area contributed by atoms with Gasteiger partial charge in [0.25, 0.3) is 10.0 Å². The zero-order valence-corrected chi connectivity index (χ0v) is 14.5. The molecule has 0 atom stereocenters. The molecule has 0 bridgehead atoms. The van der Waals surface area contributed by atoms with Crippen LogP contribution in [0.4, 0.5) is 24.5 Å². The highest BCUT2D eigenvalue weighted by Gasteiger charge is 2.26. The molecule has 1 N–H and O–H groups in total. The molecule has 9 heteroatoms. The standard InChI is InChI=1S/C14H12BrF3N2O2S/c1-20(2)9-5-3-8(4-6-9)19-23(21,22)11-7-10(16)12(15)14(18)13(11)17/h3-7,19H,1-2H3. The van der Waals surface area contributed by atoms with E-state index in [2.05, 4.69) is 20.7 Å². The second-order valence-corrected chi connectivity index (χ2v) is 7.29. The summed E-state index contributed by atoms with van der Waals surface area (Å²) >= 11 is 2.51. The summed E-state index contributed by atoms with van der Waals surface area (Å²) in [6, 6.07) is 6.60. The third-order valence-corrected chi connectivity index (χ3v) is 5.10. The van der Waals surface area contributed by atoms with Gasteiger partial charge in [-0.15, -0.1) is 0 Å². The third kappa shape index (κ3) is 3.61. The minimum atomic E-state index is -4.48. The van der Waals surface area contributed by atoms with Crippen LogP contribution in [0.5, 0.6) is 0 Å². The lowest BCUT2D eigenvalue weighted by Gasteiger charge is -2.14. The van der Waals surface area contributed by atoms with Crippen molar-refractivity contribution in [3.63, 3.8) is 0 Å². The molecule has 0 heterocycles. The van der Waals surface area contributed by atoms with Crippen LogP contribution in [0.25, 0.3) is 0 Å². The molecule has 0 saturated carbocycles. The molecule has 2 aromatic carbocycles. The van der Waals surface area contributed by atoms with Crippen molar-refractivity contribution >= 4 is 37.3 Å². The summed E-state index contributed by atoms with van der Waals surface area (Å²) in [6.07, 6.45) is 0. The molecule has 0 aliphatic carbocycles. The number of nitrogens with one attached hydrogen (secondary N) is 1. The number of hydrogen-bond donors (Lipinski definition) is 1. The fourth-order valence-corrected chi connectivity index (χ4v) is 3.21. The predicted octanol–water partition coefficient (Wildman–Crippen LogP) is 3.73. The number of sulfonamides is 1. The van der Waals surface area contributed by atoms with E-state index in [4.69, 9.17) is 0 Å². The number of rotatable bonds is 4. The third-order valence-electron chi connectivity index (χ3n) is 2.99. The van der Waals surface area contributed by atoms with Gasteiger partial charge in [0.2, 0.25) is 0 Å². The lowest BCUT2D eigenvalue weighted by atomic mass is 10.3. The summed E-state index contributed by atoms with van der Waals surface area (Å²) in [5.74, 6) is -4.48. The van der Waals surface area contributed by atoms with Crippen molar-refractivity contribution in [1.82, 2.24) is 0 Å². The normalized spacial score (nSPS) is 11.4. The van der Waals surface area contributed by atoms with Crippen LogP contribution < -0.4 is 9.62 Å². The van der Waals surface area contributed by atoms with Crippen LogP contribution in [0.1, 0.15) is 0 Å². The molecule has 0 fully saturated rings. The van der Waals surface area contributed by atoms with Gasteiger partial charge in [0, 0.05) is 25.5 Å². The van der Waals surface area contributed by atoms with E-state index in [1.165, 1.54) is 12.1 Å². The summed E-state index contributed by atoms with van der Waals surface area (Å²) in [5.41, 5.74) is 0.957. The number of benzene rings is 2. The monoisotopic (exact) mass is 408 g/mol. The van der Waals surface area contributed by atoms with Crippen LogP contribution in [0.3, 0.4) is 0 Å². The first-order valence-corrected chi connectivity index (χ1v) is 8.54. The van der Waals surface area contributed by atoms with Gasteiger partial charge in [0.1, 0.15) is 10.7 Å². The average molecular weight is 409 g/mol. The molecule has 0 amide bonds. The maximum atomic E-state index is 13.8. The van der Waals surface area contributed by atoms with E-state index in [0.29, 0.717) is 6.07 Å². The van der Waals surface area contributed by atoms with E-state index >= 15 is 0 Å². The van der Waals surface area contributed by atoms with Crippen LogP contribution >= 0.6 is 15.9 Å². The van der Waals surface area contributed by atoms with Gasteiger partial charge in [-0.05, 0) is 46.3 Å². The number of anilines is 2. The lowest BCUT2D eigenvalue weighted by Crippen LogP contribution is -2.16. The minimum absolute atomic E-state index is 0.138. The van der Waals surface area contributed by atoms with Crippen LogP contribution in [0.2, 0.25) is 0 Å². The maximum Gasteiger partial charge on any atom is 0.265 e. The van der Waals surface area contributed by atoms with Gasteiger partial charge >= 0.3 is 0 Å². The Balaban J connectivity index is 2.40. The highest BCUT2D eigenvalue weighted by atomic mass is 79.9. The first-order chi connectivity index (χ1) is 10.6. The van der Waals surface area contributed by atoms with Gasteiger partial charge < -0.3 is 4.90 Å². The Morgan fingerprint density at radius 1 is 1.04 bits per heavy atom. The summed E-state index contributed by atoms with van der Waals surface area (Å²) < 4.78 is 66.4. The first kappa shape index (κ1) is 17.6. The van der Waals surface area contributed by atoms with Crippen molar-refractivity contribution in [3.05, 3.63) is 52.3 Å². The minimum Gasteiger partial charge on any atom is -0.378 e. The Bertz CT molecular complexity index is 840. The van der Waals surface area contributed by atoms with Crippen molar-refractivity contribution < 1.29 is 21.6 Å². The summed E-state index contributed by atoms with van der Waals surface area (Å²) in [6.45, 7) is 0. The molecule has 0 unspecified atom stereocenters. The fourth-order valence-electron chi connectivity index (χ4n) is 1.78. The Labute approximate surface area is 140 Å². The van der Waals surface area contributed by atoms with Crippen molar-refractivity contribution in [2.45, 2.75) is 4.90 Å². The number of halogens is 4. The fraction of sp³-hybridized carbons (Fsp3) is 0.143. The molecule has 23 heavy (non-hydrogen) atoms. The Morgan fingerprint density at radius 2 is 1.61 bits per heavy atom. The van der Waals surface area contributed by atoms with Crippen molar-refractivity contribution in [2.24, 2.45) is 0 Å². The molecule has 0 aliphatic rings. The molecule has 0 aliphatic heterocycles. The summed E-state index contributed by atoms with van der Waals surface area (Å²) in [7, 11) is -0.863. The van der Waals surface area contributed by atoms with E-state index in [0.717, 1.165) is 5.69 Å². The van der Waals surface area contributed by atoms with Crippen molar-refractivity contribution in [1.29, 1.82) is 0 Å². The van der Waals surface area contributed by atoms with Gasteiger partial charge in [-0.1, -0.05) is 0 Å². The van der Waals surface area contributed by atoms with E-state index < -0.39 is 36.8 Å². The van der Waals surface area contributed by atoms with Crippen LogP contribution in [0.15, 0.2) is 39.7 Å². The maximum absolute atomic E-state index is 13.8. The Hall–Kier alpha value is -1.74. The van der Waals surface area contributed by atoms with Gasteiger partial charge in [-0.2, -0.15) is 0 Å². The topological polar surface area (TPSA) is 49.4 Å². The molecular weight excluding hydrogens is 397 g/mol. The Kier molecular flexibility index (Phi) is 4.90. The SMILES string of the molecule is CN(C)c1ccc(NS(=O)(=O)c2cc(F)c(Br)c(F)c2F)cc1. The average Bonchev–Trinajstić information content (AvgIpc) is 2.48. The molecule has 124 valence electrons. The van der Waals surface area contributed by atoms with Crippen LogP contribution in [-0.2, 0) is 10.0 Å². The quantitative estimate of drug-likeness (QED) is 0.619. The number of hydrogen-bond acceptors (Lipinski definition) is 3. The highest BCUT2D eigenvalue weighted by Crippen LogP contribution is 2.28. The smallest absolute Gasteiger partial charge is 0.265 e. The molecule has 2 aromatic rings.